The summed E-state index contributed by atoms with van der Waals surface area (Å²) in [4.78, 5) is 8.53. The number of ether oxygens (including phenoxy) is 2. The summed E-state index contributed by atoms with van der Waals surface area (Å²) in [6.07, 6.45) is 1.62. The second-order valence-corrected chi connectivity index (χ2v) is 5.13. The standard InChI is InChI=1S/C18H19N3O3/c1-3-22-15-8-5-4-7-13(15)18-21-14(12(2)24-18)11-23-16-9-6-10-20-17(16)19/h4-10H,3,11H2,1-2H3,(H2,19,20). The highest BCUT2D eigenvalue weighted by Crippen LogP contribution is 2.31. The Hall–Kier alpha value is -3.02. The van der Waals surface area contributed by atoms with Crippen LogP contribution in [0.2, 0.25) is 0 Å². The first-order valence-electron chi connectivity index (χ1n) is 7.70. The van der Waals surface area contributed by atoms with Crippen molar-refractivity contribution in [3.63, 3.8) is 0 Å². The van der Waals surface area contributed by atoms with Gasteiger partial charge in [0.05, 0.1) is 12.2 Å². The van der Waals surface area contributed by atoms with Gasteiger partial charge in [-0.15, -0.1) is 0 Å². The molecule has 2 heterocycles. The van der Waals surface area contributed by atoms with E-state index >= 15 is 0 Å². The van der Waals surface area contributed by atoms with Gasteiger partial charge >= 0.3 is 0 Å². The first-order chi connectivity index (χ1) is 11.7. The number of nitrogen functional groups attached to an aromatic ring is 1. The van der Waals surface area contributed by atoms with Gasteiger partial charge in [-0.25, -0.2) is 9.97 Å². The molecule has 2 N–H and O–H groups in total. The Morgan fingerprint density at radius 3 is 2.67 bits per heavy atom. The van der Waals surface area contributed by atoms with Crippen LogP contribution in [0.3, 0.4) is 0 Å². The van der Waals surface area contributed by atoms with E-state index in [2.05, 4.69) is 9.97 Å². The van der Waals surface area contributed by atoms with Crippen LogP contribution in [0.5, 0.6) is 11.5 Å². The number of aromatic nitrogens is 2. The Labute approximate surface area is 140 Å². The second kappa shape index (κ2) is 7.04. The van der Waals surface area contributed by atoms with Crippen molar-refractivity contribution in [1.82, 2.24) is 9.97 Å². The van der Waals surface area contributed by atoms with Gasteiger partial charge in [-0.05, 0) is 38.1 Å². The third-order valence-corrected chi connectivity index (χ3v) is 3.47. The van der Waals surface area contributed by atoms with Gasteiger partial charge in [0.1, 0.15) is 23.8 Å². The summed E-state index contributed by atoms with van der Waals surface area (Å²) in [6.45, 7) is 4.62. The van der Waals surface area contributed by atoms with Crippen molar-refractivity contribution in [2.24, 2.45) is 0 Å². The number of hydrogen-bond acceptors (Lipinski definition) is 6. The molecule has 6 nitrogen and oxygen atoms in total. The van der Waals surface area contributed by atoms with Gasteiger partial charge in [0.25, 0.3) is 0 Å². The normalized spacial score (nSPS) is 10.6. The predicted molar refractivity (Wildman–Crippen MR) is 90.8 cm³/mol. The summed E-state index contributed by atoms with van der Waals surface area (Å²) in [5.41, 5.74) is 7.30. The van der Waals surface area contributed by atoms with E-state index in [0.29, 0.717) is 35.5 Å². The van der Waals surface area contributed by atoms with Crippen molar-refractivity contribution in [1.29, 1.82) is 0 Å². The van der Waals surface area contributed by atoms with Crippen LogP contribution in [-0.2, 0) is 6.61 Å². The molecule has 0 atom stereocenters. The van der Waals surface area contributed by atoms with E-state index in [0.717, 1.165) is 11.3 Å². The van der Waals surface area contributed by atoms with Crippen LogP contribution >= 0.6 is 0 Å². The number of aryl methyl sites for hydroxylation is 1. The average molecular weight is 325 g/mol. The van der Waals surface area contributed by atoms with E-state index in [-0.39, 0.29) is 6.61 Å². The summed E-state index contributed by atoms with van der Waals surface area (Å²) in [5.74, 6) is 2.81. The van der Waals surface area contributed by atoms with Gasteiger partial charge in [0.15, 0.2) is 11.6 Å². The molecule has 0 unspecified atom stereocenters. The monoisotopic (exact) mass is 325 g/mol. The lowest BCUT2D eigenvalue weighted by molar-refractivity contribution is 0.300. The SMILES string of the molecule is CCOc1ccccc1-c1nc(COc2cccnc2N)c(C)o1. The van der Waals surface area contributed by atoms with Crippen molar-refractivity contribution in [3.05, 3.63) is 54.0 Å². The number of nitrogens with zero attached hydrogens (tertiary/aromatic N) is 2. The molecule has 0 saturated carbocycles. The minimum atomic E-state index is 0.252. The number of rotatable bonds is 6. The molecular formula is C18H19N3O3. The van der Waals surface area contributed by atoms with Crippen LogP contribution in [0.25, 0.3) is 11.5 Å². The van der Waals surface area contributed by atoms with Crippen LogP contribution in [0.1, 0.15) is 18.4 Å². The van der Waals surface area contributed by atoms with Crippen molar-refractivity contribution in [2.75, 3.05) is 12.3 Å². The lowest BCUT2D eigenvalue weighted by Gasteiger charge is -2.06. The summed E-state index contributed by atoms with van der Waals surface area (Å²) in [5, 5.41) is 0. The lowest BCUT2D eigenvalue weighted by atomic mass is 10.2. The third-order valence-electron chi connectivity index (χ3n) is 3.47. The molecule has 6 heteroatoms. The van der Waals surface area contributed by atoms with E-state index in [4.69, 9.17) is 19.6 Å². The van der Waals surface area contributed by atoms with Gasteiger partial charge in [-0.3, -0.25) is 0 Å². The highest BCUT2D eigenvalue weighted by atomic mass is 16.5. The zero-order chi connectivity index (χ0) is 16.9. The van der Waals surface area contributed by atoms with Crippen molar-refractivity contribution >= 4 is 5.82 Å². The second-order valence-electron chi connectivity index (χ2n) is 5.13. The van der Waals surface area contributed by atoms with E-state index in [1.807, 2.05) is 38.1 Å². The van der Waals surface area contributed by atoms with E-state index in [9.17, 15) is 0 Å². The topological polar surface area (TPSA) is 83.4 Å². The number of pyridine rings is 1. The number of benzene rings is 1. The fourth-order valence-electron chi connectivity index (χ4n) is 2.27. The van der Waals surface area contributed by atoms with Gasteiger partial charge in [-0.2, -0.15) is 0 Å². The average Bonchev–Trinajstić information content (AvgIpc) is 2.96. The maximum absolute atomic E-state index is 5.79. The Kier molecular flexibility index (Phi) is 4.65. The molecule has 0 saturated heterocycles. The first-order valence-corrected chi connectivity index (χ1v) is 7.70. The summed E-state index contributed by atoms with van der Waals surface area (Å²) in [6, 6.07) is 11.2. The number of oxazole rings is 1. The molecule has 2 aromatic heterocycles. The fraction of sp³-hybridized carbons (Fsp3) is 0.222. The van der Waals surface area contributed by atoms with Crippen molar-refractivity contribution in [3.8, 4) is 23.0 Å². The number of para-hydroxylation sites is 1. The zero-order valence-electron chi connectivity index (χ0n) is 13.7. The Balaban J connectivity index is 1.82. The molecule has 0 spiro atoms. The van der Waals surface area contributed by atoms with Crippen LogP contribution in [0.4, 0.5) is 5.82 Å². The van der Waals surface area contributed by atoms with Gasteiger partial charge in [0.2, 0.25) is 5.89 Å². The smallest absolute Gasteiger partial charge is 0.230 e. The zero-order valence-corrected chi connectivity index (χ0v) is 13.7. The highest BCUT2D eigenvalue weighted by molar-refractivity contribution is 5.63. The molecule has 24 heavy (non-hydrogen) atoms. The molecule has 0 radical (unpaired) electrons. The third kappa shape index (κ3) is 3.32. The Bertz CT molecular complexity index is 830. The largest absolute Gasteiger partial charge is 0.493 e. The van der Waals surface area contributed by atoms with E-state index in [1.54, 1.807) is 18.3 Å². The van der Waals surface area contributed by atoms with E-state index < -0.39 is 0 Å². The minimum absolute atomic E-state index is 0.252. The summed E-state index contributed by atoms with van der Waals surface area (Å²) < 4.78 is 17.1. The van der Waals surface area contributed by atoms with Gasteiger partial charge in [-0.1, -0.05) is 12.1 Å². The number of anilines is 1. The van der Waals surface area contributed by atoms with Crippen LogP contribution in [-0.4, -0.2) is 16.6 Å². The Morgan fingerprint density at radius 1 is 1.08 bits per heavy atom. The number of nitrogens with two attached hydrogens (primary N) is 1. The number of hydrogen-bond donors (Lipinski definition) is 1. The van der Waals surface area contributed by atoms with Gasteiger partial charge in [0, 0.05) is 6.20 Å². The van der Waals surface area contributed by atoms with Crippen LogP contribution in [0, 0.1) is 6.92 Å². The van der Waals surface area contributed by atoms with E-state index in [1.165, 1.54) is 0 Å². The molecule has 0 fully saturated rings. The molecule has 0 aliphatic heterocycles. The molecule has 0 aliphatic carbocycles. The fourth-order valence-corrected chi connectivity index (χ4v) is 2.27. The molecule has 0 amide bonds. The molecular weight excluding hydrogens is 306 g/mol. The maximum Gasteiger partial charge on any atom is 0.230 e. The van der Waals surface area contributed by atoms with Crippen LogP contribution < -0.4 is 15.2 Å². The molecule has 124 valence electrons. The molecule has 3 rings (SSSR count). The molecule has 1 aromatic carbocycles. The molecule has 3 aromatic rings. The predicted octanol–water partition coefficient (Wildman–Crippen LogP) is 3.60. The maximum atomic E-state index is 5.79. The summed E-state index contributed by atoms with van der Waals surface area (Å²) in [7, 11) is 0. The van der Waals surface area contributed by atoms with Crippen LogP contribution in [0.15, 0.2) is 47.0 Å². The van der Waals surface area contributed by atoms with Crippen molar-refractivity contribution < 1.29 is 13.9 Å². The Morgan fingerprint density at radius 2 is 1.88 bits per heavy atom. The van der Waals surface area contributed by atoms with Crippen molar-refractivity contribution in [2.45, 2.75) is 20.5 Å². The minimum Gasteiger partial charge on any atom is -0.493 e. The van der Waals surface area contributed by atoms with Gasteiger partial charge < -0.3 is 19.6 Å². The quantitative estimate of drug-likeness (QED) is 0.745. The first kappa shape index (κ1) is 15.9. The lowest BCUT2D eigenvalue weighted by Crippen LogP contribution is -2.01. The highest BCUT2D eigenvalue weighted by Gasteiger charge is 2.16. The molecule has 0 bridgehead atoms. The summed E-state index contributed by atoms with van der Waals surface area (Å²) >= 11 is 0. The molecule has 0 aliphatic rings.